The molecular formula is C24H44FmN5O5S-. The summed E-state index contributed by atoms with van der Waals surface area (Å²) < 4.78 is 0. The van der Waals surface area contributed by atoms with Gasteiger partial charge >= 0.3 is 0 Å². The average Bonchev–Trinajstić information content (AvgIpc) is 2.87. The Kier molecular flexibility index (Phi) is 30.4. The van der Waals surface area contributed by atoms with Crippen molar-refractivity contribution in [3.05, 3.63) is 29.8 Å². The van der Waals surface area contributed by atoms with Gasteiger partial charge in [-0.3, -0.25) is 14.4 Å². The van der Waals surface area contributed by atoms with Gasteiger partial charge in [0.25, 0.3) is 0 Å². The molecule has 0 fully saturated rings. The van der Waals surface area contributed by atoms with Crippen LogP contribution in [0.25, 0.3) is 0 Å². The van der Waals surface area contributed by atoms with Gasteiger partial charge in [0.05, 0.1) is 12.6 Å². The number of thioether (sulfide) groups is 1. The Morgan fingerprint density at radius 1 is 1.11 bits per heavy atom. The van der Waals surface area contributed by atoms with Crippen molar-refractivity contribution in [2.75, 3.05) is 31.4 Å². The number of carbonyl (C=O) groups excluding carboxylic acids is 4. The number of anilines is 1. The van der Waals surface area contributed by atoms with Crippen molar-refractivity contribution in [3.8, 4) is 0 Å². The molecule has 0 bridgehead atoms. The predicted molar refractivity (Wildman–Crippen MR) is 145 cm³/mol. The summed E-state index contributed by atoms with van der Waals surface area (Å²) in [5.41, 5.74) is 5.73. The van der Waals surface area contributed by atoms with E-state index >= 15 is 0 Å². The molecule has 1 aromatic rings. The van der Waals surface area contributed by atoms with Gasteiger partial charge in [0.15, 0.2) is 0 Å². The number of nitrogens with one attached hydrogen (secondary N) is 4. The molecule has 0 saturated heterocycles. The molecule has 0 saturated carbocycles. The summed E-state index contributed by atoms with van der Waals surface area (Å²) in [6, 6.07) is 4.98. The molecule has 0 aromatic heterocycles. The molecule has 214 valence electrons. The average molecular weight is 772 g/mol. The van der Waals surface area contributed by atoms with Crippen LogP contribution >= 0.6 is 11.8 Å². The van der Waals surface area contributed by atoms with E-state index in [-0.39, 0.29) is 12.5 Å². The van der Waals surface area contributed by atoms with Crippen LogP contribution < -0.4 is 27.0 Å². The Labute approximate surface area is 214 Å². The fraction of sp³-hybridized carbons (Fsp3) is 0.583. The number of benzene rings is 1. The SMILES string of the molecule is CC.CC(C)C(N[C-]=O)C(=O)N[C@H](CCCNC=O)C(=O)Nc1ccc(CO)cc1.CN.CSC.[Fm]. The summed E-state index contributed by atoms with van der Waals surface area (Å²) in [7, 11) is 1.50. The second-order valence-electron chi connectivity index (χ2n) is 7.00. The zero-order valence-electron chi connectivity index (χ0n) is 22.3. The molecule has 0 heterocycles. The van der Waals surface area contributed by atoms with Gasteiger partial charge in [-0.2, -0.15) is 18.2 Å². The second kappa shape index (κ2) is 27.6. The third-order valence-corrected chi connectivity index (χ3v) is 4.10. The number of hydrogen-bond acceptors (Lipinski definition) is 7. The first-order chi connectivity index (χ1) is 16.8. The van der Waals surface area contributed by atoms with E-state index in [9.17, 15) is 19.2 Å². The van der Waals surface area contributed by atoms with Gasteiger partial charge in [0.2, 0.25) is 18.2 Å². The van der Waals surface area contributed by atoms with Crippen LogP contribution in [0.3, 0.4) is 0 Å². The summed E-state index contributed by atoms with van der Waals surface area (Å²) in [5, 5.41) is 19.3. The summed E-state index contributed by atoms with van der Waals surface area (Å²) in [6.45, 7) is 7.79. The van der Waals surface area contributed by atoms with E-state index in [1.165, 1.54) is 13.5 Å². The molecule has 0 aliphatic heterocycles. The van der Waals surface area contributed by atoms with Gasteiger partial charge in [0, 0.05) is 12.2 Å². The Morgan fingerprint density at radius 2 is 1.64 bits per heavy atom. The van der Waals surface area contributed by atoms with E-state index in [1.54, 1.807) is 49.9 Å². The minimum Gasteiger partial charge on any atom is -0.520 e. The van der Waals surface area contributed by atoms with Gasteiger partial charge in [-0.25, -0.2) is 0 Å². The topological polar surface area (TPSA) is 163 Å². The number of hydrogen-bond donors (Lipinski definition) is 6. The molecule has 2 atom stereocenters. The van der Waals surface area contributed by atoms with E-state index < -0.39 is 23.9 Å². The Bertz CT molecular complexity index is 681. The third-order valence-electron chi connectivity index (χ3n) is 4.10. The standard InChI is InChI=1S/C19H27N4O5.C2H6S.C2H6.CH5N.Fm/c1-13(2)17(21-12-26)19(28)23-16(4-3-9-20-11-25)18(27)22-15-7-5-14(10-24)6-8-15;1-3-2;2*1-2;/h5-8,11,13,16-17,24H,3-4,9-10H2,1-2H3,(H,20,25)(H,21,26)(H,22,27)(H,23,28);1-2H3;1-2H3;2H2,1H3;/q-1;;;;/t16-,17?;;;;/m1..../s1. The van der Waals surface area contributed by atoms with Crippen LogP contribution in [0.2, 0.25) is 0 Å². The summed E-state index contributed by atoms with van der Waals surface area (Å²) >= 11 is 1.75. The Hall–Kier alpha value is -3.63. The van der Waals surface area contributed by atoms with Crippen molar-refractivity contribution in [3.63, 3.8) is 0 Å². The molecular weight excluding hydrogens is 727 g/mol. The summed E-state index contributed by atoms with van der Waals surface area (Å²) in [4.78, 5) is 46.1. The smallest absolute Gasteiger partial charge is 0.246 e. The van der Waals surface area contributed by atoms with Crippen LogP contribution in [0.4, 0.5) is 5.69 Å². The third kappa shape index (κ3) is 18.8. The minimum absolute atomic E-state index is 0. The normalized spacial score (nSPS) is 10.6. The molecule has 4 amide bonds. The fourth-order valence-corrected chi connectivity index (χ4v) is 2.52. The number of amides is 4. The first-order valence-electron chi connectivity index (χ1n) is 11.4. The van der Waals surface area contributed by atoms with Crippen molar-refractivity contribution < 1.29 is 24.3 Å². The van der Waals surface area contributed by atoms with E-state index in [4.69, 9.17) is 5.11 Å². The van der Waals surface area contributed by atoms with Crippen LogP contribution in [0.15, 0.2) is 24.3 Å². The molecule has 1 aromatic carbocycles. The maximum Gasteiger partial charge on any atom is 0.246 e. The molecule has 36 heavy (non-hydrogen) atoms. The molecule has 7 N–H and O–H groups in total. The van der Waals surface area contributed by atoms with Crippen LogP contribution in [0.5, 0.6) is 0 Å². The second-order valence-corrected chi connectivity index (χ2v) is 7.81. The van der Waals surface area contributed by atoms with Crippen LogP contribution in [-0.2, 0) is 25.8 Å². The van der Waals surface area contributed by atoms with Crippen molar-refractivity contribution in [1.82, 2.24) is 16.0 Å². The monoisotopic (exact) mass is 771 g/mol. The van der Waals surface area contributed by atoms with Gasteiger partial charge in [-0.1, -0.05) is 39.8 Å². The predicted octanol–water partition coefficient (Wildman–Crippen LogP) is 1.39. The van der Waals surface area contributed by atoms with Gasteiger partial charge < -0.3 is 36.9 Å². The van der Waals surface area contributed by atoms with Crippen molar-refractivity contribution in [1.29, 1.82) is 0 Å². The number of rotatable bonds is 13. The number of carbonyl (C=O) groups is 3. The fourth-order valence-electron chi connectivity index (χ4n) is 2.52. The van der Waals surface area contributed by atoms with Gasteiger partial charge in [-0.15, -0.1) is 0 Å². The van der Waals surface area contributed by atoms with E-state index in [0.717, 1.165) is 0 Å². The van der Waals surface area contributed by atoms with Crippen LogP contribution in [-0.4, -0.2) is 67.9 Å². The quantitative estimate of drug-likeness (QED) is 0.0765. The number of aliphatic hydroxyl groups is 1. The Morgan fingerprint density at radius 3 is 2.06 bits per heavy atom. The summed E-state index contributed by atoms with van der Waals surface area (Å²) in [5.74, 6) is -1.10. The maximum atomic E-state index is 12.7. The van der Waals surface area contributed by atoms with Crippen molar-refractivity contribution in [2.45, 2.75) is 59.2 Å². The molecule has 1 rings (SSSR count). The van der Waals surface area contributed by atoms with E-state index in [1.807, 2.05) is 26.4 Å². The van der Waals surface area contributed by atoms with E-state index in [2.05, 4.69) is 27.0 Å². The van der Waals surface area contributed by atoms with Crippen LogP contribution in [0.1, 0.15) is 46.1 Å². The molecule has 0 aliphatic carbocycles. The van der Waals surface area contributed by atoms with Crippen LogP contribution in [0, 0.1) is 5.92 Å². The first kappa shape index (κ1) is 39.6. The van der Waals surface area contributed by atoms with E-state index in [0.29, 0.717) is 37.0 Å². The molecule has 10 nitrogen and oxygen atoms in total. The first-order valence-corrected chi connectivity index (χ1v) is 13.1. The number of aliphatic hydroxyl groups excluding tert-OH is 1. The molecule has 0 spiro atoms. The minimum atomic E-state index is -0.854. The van der Waals surface area contributed by atoms with Crippen molar-refractivity contribution in [2.24, 2.45) is 11.7 Å². The zero-order chi connectivity index (χ0) is 27.6. The summed E-state index contributed by atoms with van der Waals surface area (Å²) in [6.07, 6.45) is 6.93. The number of nitrogens with two attached hydrogens (primary N) is 1. The van der Waals surface area contributed by atoms with Gasteiger partial charge in [0.1, 0.15) is 6.04 Å². The van der Waals surface area contributed by atoms with Crippen molar-refractivity contribution >= 4 is 42.1 Å². The Balaban J connectivity index is -0.000000579. The molecule has 0 radical (unpaired) electrons. The molecule has 0 aliphatic rings. The largest absolute Gasteiger partial charge is 0.520 e. The zero-order valence-corrected chi connectivity index (χ0v) is 25.5. The molecule has 1 unspecified atom stereocenters. The maximum absolute atomic E-state index is 12.7. The van der Waals surface area contributed by atoms with Gasteiger partial charge in [-0.05, 0) is 56.0 Å². The molecule has 12 heteroatoms.